The number of aryl methyl sites for hydroxylation is 2. The third-order valence-electron chi connectivity index (χ3n) is 5.43. The normalized spacial score (nSPS) is 19.0. The topological polar surface area (TPSA) is 54.5 Å². The number of hydrogen-bond donors (Lipinski definition) is 1. The molecule has 0 aliphatic carbocycles. The number of carbonyl (C=O) groups excluding carboxylic acids is 1. The summed E-state index contributed by atoms with van der Waals surface area (Å²) >= 11 is 0. The summed E-state index contributed by atoms with van der Waals surface area (Å²) in [5, 5.41) is 2.92. The molecule has 1 N–H and O–H groups in total. The second-order valence-corrected chi connectivity index (χ2v) is 9.10. The fraction of sp³-hybridized carbons (Fsp3) is 0.520. The number of nitrogens with one attached hydrogen (secondary N) is 1. The van der Waals surface area contributed by atoms with Gasteiger partial charge in [-0.15, -0.1) is 0 Å². The minimum atomic E-state index is -0.282. The van der Waals surface area contributed by atoms with Crippen LogP contribution in [0.2, 0.25) is 0 Å². The van der Waals surface area contributed by atoms with E-state index >= 15 is 4.39 Å². The molecule has 5 nitrogen and oxygen atoms in total. The zero-order chi connectivity index (χ0) is 22.7. The molecule has 1 fully saturated rings. The van der Waals surface area contributed by atoms with Crippen LogP contribution in [0.25, 0.3) is 11.1 Å². The van der Waals surface area contributed by atoms with Gasteiger partial charge in [0.2, 0.25) is 5.91 Å². The number of rotatable bonds is 6. The van der Waals surface area contributed by atoms with Gasteiger partial charge in [-0.1, -0.05) is 19.9 Å². The monoisotopic (exact) mass is 427 g/mol. The Morgan fingerprint density at radius 2 is 1.81 bits per heavy atom. The molecule has 2 atom stereocenters. The lowest BCUT2D eigenvalue weighted by atomic mass is 9.97. The summed E-state index contributed by atoms with van der Waals surface area (Å²) in [5.74, 6) is -0.102. The molecule has 0 spiro atoms. The summed E-state index contributed by atoms with van der Waals surface area (Å²) in [6.07, 6.45) is 0.479. The van der Waals surface area contributed by atoms with Gasteiger partial charge in [-0.05, 0) is 62.9 Å². The van der Waals surface area contributed by atoms with E-state index in [2.05, 4.69) is 10.3 Å². The van der Waals surface area contributed by atoms with Crippen LogP contribution in [0.15, 0.2) is 24.3 Å². The quantitative estimate of drug-likeness (QED) is 0.721. The number of carbonyl (C=O) groups is 1. The Balaban J connectivity index is 2.02. The van der Waals surface area contributed by atoms with E-state index in [0.29, 0.717) is 30.8 Å². The molecule has 1 saturated heterocycles. The van der Waals surface area contributed by atoms with Crippen LogP contribution in [0.5, 0.6) is 0 Å². The zero-order valence-corrected chi connectivity index (χ0v) is 19.5. The number of morpholine rings is 1. The first kappa shape index (κ1) is 23.2. The van der Waals surface area contributed by atoms with Crippen molar-refractivity contribution in [2.75, 3.05) is 18.0 Å². The standard InChI is InChI=1S/C25H34FN3O2/c1-15(2)9-24(30)27-12-22-21(20-10-16(3)28-17(4)11-20)7-8-23(25(22)26)29-13-18(5)31-19(6)14-29/h7-8,10-11,15,18-19H,9,12-14H2,1-6H3,(H,27,30)/t18-,19+. The third kappa shape index (κ3) is 5.82. The number of ether oxygens (including phenoxy) is 1. The molecule has 1 aromatic carbocycles. The molecule has 0 unspecified atom stereocenters. The highest BCUT2D eigenvalue weighted by Crippen LogP contribution is 2.33. The molecule has 3 rings (SSSR count). The molecular formula is C25H34FN3O2. The smallest absolute Gasteiger partial charge is 0.220 e. The van der Waals surface area contributed by atoms with Gasteiger partial charge in [-0.2, -0.15) is 0 Å². The summed E-state index contributed by atoms with van der Waals surface area (Å²) in [5.41, 5.74) is 4.52. The molecule has 1 aliphatic heterocycles. The van der Waals surface area contributed by atoms with Crippen LogP contribution >= 0.6 is 0 Å². The lowest BCUT2D eigenvalue weighted by molar-refractivity contribution is -0.121. The van der Waals surface area contributed by atoms with Crippen molar-refractivity contribution in [1.29, 1.82) is 0 Å². The van der Waals surface area contributed by atoms with Gasteiger partial charge in [0.15, 0.2) is 5.82 Å². The summed E-state index contributed by atoms with van der Waals surface area (Å²) in [7, 11) is 0. The Labute approximate surface area is 185 Å². The molecule has 31 heavy (non-hydrogen) atoms. The van der Waals surface area contributed by atoms with Crippen molar-refractivity contribution in [3.63, 3.8) is 0 Å². The van der Waals surface area contributed by atoms with Crippen LogP contribution in [0.4, 0.5) is 10.1 Å². The van der Waals surface area contributed by atoms with E-state index in [1.165, 1.54) is 0 Å². The first-order chi connectivity index (χ1) is 14.6. The number of aromatic nitrogens is 1. The number of benzene rings is 1. The van der Waals surface area contributed by atoms with Gasteiger partial charge in [0, 0.05) is 43.0 Å². The van der Waals surface area contributed by atoms with Gasteiger partial charge in [0.05, 0.1) is 17.9 Å². The Morgan fingerprint density at radius 1 is 1.19 bits per heavy atom. The van der Waals surface area contributed by atoms with Gasteiger partial charge in [-0.3, -0.25) is 9.78 Å². The lowest BCUT2D eigenvalue weighted by Gasteiger charge is -2.37. The molecule has 1 aromatic heterocycles. The second-order valence-electron chi connectivity index (χ2n) is 9.10. The SMILES string of the molecule is Cc1cc(-c2ccc(N3C[C@@H](C)O[C@@H](C)C3)c(F)c2CNC(=O)CC(C)C)cc(C)n1. The van der Waals surface area contributed by atoms with Crippen LogP contribution in [-0.4, -0.2) is 36.2 Å². The van der Waals surface area contributed by atoms with E-state index in [4.69, 9.17) is 4.74 Å². The van der Waals surface area contributed by atoms with Crippen molar-refractivity contribution in [1.82, 2.24) is 10.3 Å². The van der Waals surface area contributed by atoms with Crippen LogP contribution in [0.3, 0.4) is 0 Å². The number of nitrogens with zero attached hydrogens (tertiary/aromatic N) is 2. The molecule has 6 heteroatoms. The van der Waals surface area contributed by atoms with Crippen LogP contribution in [0.1, 0.15) is 51.1 Å². The highest BCUT2D eigenvalue weighted by atomic mass is 19.1. The van der Waals surface area contributed by atoms with Crippen molar-refractivity contribution in [2.45, 2.75) is 66.7 Å². The number of halogens is 1. The van der Waals surface area contributed by atoms with Crippen molar-refractivity contribution >= 4 is 11.6 Å². The first-order valence-electron chi connectivity index (χ1n) is 11.1. The first-order valence-corrected chi connectivity index (χ1v) is 11.1. The summed E-state index contributed by atoms with van der Waals surface area (Å²) < 4.78 is 21.7. The minimum Gasteiger partial charge on any atom is -0.372 e. The van der Waals surface area contributed by atoms with E-state index in [1.807, 2.05) is 70.7 Å². The van der Waals surface area contributed by atoms with Crippen LogP contribution in [-0.2, 0) is 16.1 Å². The number of pyridine rings is 1. The van der Waals surface area contributed by atoms with Crippen LogP contribution < -0.4 is 10.2 Å². The molecule has 0 saturated carbocycles. The number of anilines is 1. The van der Waals surface area contributed by atoms with Gasteiger partial charge in [0.25, 0.3) is 0 Å². The van der Waals surface area contributed by atoms with Gasteiger partial charge in [-0.25, -0.2) is 4.39 Å². The van der Waals surface area contributed by atoms with E-state index in [1.54, 1.807) is 0 Å². The molecule has 0 bridgehead atoms. The Hall–Kier alpha value is -2.47. The van der Waals surface area contributed by atoms with Gasteiger partial charge in [0.1, 0.15) is 0 Å². The highest BCUT2D eigenvalue weighted by Gasteiger charge is 2.26. The zero-order valence-electron chi connectivity index (χ0n) is 19.5. The maximum absolute atomic E-state index is 15.9. The molecule has 1 amide bonds. The van der Waals surface area contributed by atoms with Crippen molar-refractivity contribution in [3.05, 3.63) is 47.0 Å². The summed E-state index contributed by atoms with van der Waals surface area (Å²) in [4.78, 5) is 18.8. The predicted molar refractivity (Wildman–Crippen MR) is 123 cm³/mol. The van der Waals surface area contributed by atoms with Crippen molar-refractivity contribution < 1.29 is 13.9 Å². The predicted octanol–water partition coefficient (Wildman–Crippen LogP) is 4.78. The van der Waals surface area contributed by atoms with Crippen LogP contribution in [0, 0.1) is 25.6 Å². The van der Waals surface area contributed by atoms with Crippen molar-refractivity contribution in [3.8, 4) is 11.1 Å². The average molecular weight is 428 g/mol. The Kier molecular flexibility index (Phi) is 7.31. The largest absolute Gasteiger partial charge is 0.372 e. The third-order valence-corrected chi connectivity index (χ3v) is 5.43. The molecule has 1 aliphatic rings. The molecular weight excluding hydrogens is 393 g/mol. The number of hydrogen-bond acceptors (Lipinski definition) is 4. The van der Waals surface area contributed by atoms with Crippen molar-refractivity contribution in [2.24, 2.45) is 5.92 Å². The highest BCUT2D eigenvalue weighted by molar-refractivity contribution is 5.77. The lowest BCUT2D eigenvalue weighted by Crippen LogP contribution is -2.46. The Morgan fingerprint density at radius 3 is 2.39 bits per heavy atom. The minimum absolute atomic E-state index is 0.0301. The van der Waals surface area contributed by atoms with Gasteiger partial charge < -0.3 is 15.0 Å². The maximum Gasteiger partial charge on any atom is 0.220 e. The molecule has 2 aromatic rings. The molecule has 0 radical (unpaired) electrons. The van der Waals surface area contributed by atoms with Gasteiger partial charge >= 0.3 is 0 Å². The average Bonchev–Trinajstić information content (AvgIpc) is 2.64. The maximum atomic E-state index is 15.9. The second kappa shape index (κ2) is 9.77. The fourth-order valence-corrected chi connectivity index (χ4v) is 4.29. The van der Waals surface area contributed by atoms with E-state index in [-0.39, 0.29) is 36.4 Å². The van der Waals surface area contributed by atoms with E-state index in [9.17, 15) is 4.79 Å². The van der Waals surface area contributed by atoms with E-state index in [0.717, 1.165) is 22.5 Å². The molecule has 2 heterocycles. The summed E-state index contributed by atoms with van der Waals surface area (Å²) in [6, 6.07) is 7.72. The number of amides is 1. The Bertz CT molecular complexity index is 914. The molecule has 168 valence electrons. The van der Waals surface area contributed by atoms with E-state index < -0.39 is 0 Å². The fourth-order valence-electron chi connectivity index (χ4n) is 4.29. The summed E-state index contributed by atoms with van der Waals surface area (Å²) in [6.45, 7) is 13.3.